The lowest BCUT2D eigenvalue weighted by Gasteiger charge is -2.10. The topological polar surface area (TPSA) is 92.6 Å². The van der Waals surface area contributed by atoms with E-state index in [0.717, 1.165) is 0 Å². The molecule has 7 nitrogen and oxygen atoms in total. The van der Waals surface area contributed by atoms with Crippen molar-refractivity contribution in [2.75, 3.05) is 27.1 Å². The second kappa shape index (κ2) is 5.79. The molecule has 2 rings (SSSR count). The number of hydrogen-bond acceptors (Lipinski definition) is 7. The van der Waals surface area contributed by atoms with Gasteiger partial charge in [0.15, 0.2) is 11.5 Å². The van der Waals surface area contributed by atoms with Crippen LogP contribution in [0.5, 0.6) is 11.5 Å². The summed E-state index contributed by atoms with van der Waals surface area (Å²) in [5, 5.41) is 3.86. The van der Waals surface area contributed by atoms with Crippen molar-refractivity contribution in [3.8, 4) is 23.0 Å². The molecule has 1 atom stereocenters. The summed E-state index contributed by atoms with van der Waals surface area (Å²) in [5.41, 5.74) is 7.02. The maximum Gasteiger partial charge on any atom is 0.260 e. The number of nitrogen functional groups attached to an aromatic ring is 1. The zero-order chi connectivity index (χ0) is 14.7. The van der Waals surface area contributed by atoms with Crippen molar-refractivity contribution < 1.29 is 18.7 Å². The molecule has 0 fully saturated rings. The van der Waals surface area contributed by atoms with E-state index in [2.05, 4.69) is 10.1 Å². The molecule has 2 N–H and O–H groups in total. The zero-order valence-electron chi connectivity index (χ0n) is 11.8. The van der Waals surface area contributed by atoms with E-state index in [-0.39, 0.29) is 6.10 Å². The number of benzene rings is 1. The summed E-state index contributed by atoms with van der Waals surface area (Å²) in [4.78, 5) is 4.26. The number of methoxy groups -OCH3 is 3. The first kappa shape index (κ1) is 14.1. The molecule has 0 radical (unpaired) electrons. The average Bonchev–Trinajstić information content (AvgIpc) is 2.95. The van der Waals surface area contributed by atoms with Gasteiger partial charge in [0, 0.05) is 18.9 Å². The largest absolute Gasteiger partial charge is 0.493 e. The fraction of sp³-hybridized carbons (Fsp3) is 0.385. The van der Waals surface area contributed by atoms with E-state index in [1.165, 1.54) is 0 Å². The minimum atomic E-state index is -0.256. The molecule has 0 aliphatic carbocycles. The van der Waals surface area contributed by atoms with Crippen molar-refractivity contribution in [2.24, 2.45) is 0 Å². The lowest BCUT2D eigenvalue weighted by molar-refractivity contribution is 0.109. The number of ether oxygens (including phenoxy) is 3. The van der Waals surface area contributed by atoms with Gasteiger partial charge in [-0.15, -0.1) is 0 Å². The quantitative estimate of drug-likeness (QED) is 0.837. The Kier molecular flexibility index (Phi) is 4.09. The lowest BCUT2D eigenvalue weighted by atomic mass is 10.1. The van der Waals surface area contributed by atoms with E-state index in [1.807, 2.05) is 6.92 Å². The van der Waals surface area contributed by atoms with Gasteiger partial charge in [-0.1, -0.05) is 5.16 Å². The first-order valence-electron chi connectivity index (χ1n) is 5.99. The minimum Gasteiger partial charge on any atom is -0.493 e. The van der Waals surface area contributed by atoms with E-state index in [9.17, 15) is 0 Å². The molecule has 0 saturated carbocycles. The highest BCUT2D eigenvalue weighted by atomic mass is 16.5. The van der Waals surface area contributed by atoms with Gasteiger partial charge in [-0.2, -0.15) is 4.98 Å². The fourth-order valence-electron chi connectivity index (χ4n) is 1.69. The monoisotopic (exact) mass is 279 g/mol. The van der Waals surface area contributed by atoms with Crippen molar-refractivity contribution in [1.29, 1.82) is 0 Å². The third kappa shape index (κ3) is 2.53. The molecule has 108 valence electrons. The van der Waals surface area contributed by atoms with Crippen molar-refractivity contribution in [3.05, 3.63) is 18.0 Å². The van der Waals surface area contributed by atoms with Crippen molar-refractivity contribution >= 4 is 5.69 Å². The van der Waals surface area contributed by atoms with Gasteiger partial charge in [0.25, 0.3) is 5.89 Å². The van der Waals surface area contributed by atoms with Crippen LogP contribution >= 0.6 is 0 Å². The van der Waals surface area contributed by atoms with Crippen molar-refractivity contribution in [3.63, 3.8) is 0 Å². The standard InChI is InChI=1S/C13H17N3O4/c1-7(17-2)12-15-13(20-16-12)8-5-10(18-3)11(19-4)6-9(8)14/h5-7H,14H2,1-4H3. The second-order valence-corrected chi connectivity index (χ2v) is 4.13. The van der Waals surface area contributed by atoms with E-state index in [4.69, 9.17) is 24.5 Å². The Bertz CT molecular complexity index is 597. The molecule has 0 bridgehead atoms. The third-order valence-corrected chi connectivity index (χ3v) is 2.95. The molecule has 1 aromatic carbocycles. The van der Waals surface area contributed by atoms with E-state index < -0.39 is 0 Å². The molecule has 0 aliphatic heterocycles. The van der Waals surface area contributed by atoms with Gasteiger partial charge in [0.1, 0.15) is 6.10 Å². The smallest absolute Gasteiger partial charge is 0.260 e. The summed E-state index contributed by atoms with van der Waals surface area (Å²) in [6.45, 7) is 1.83. The summed E-state index contributed by atoms with van der Waals surface area (Å²) in [6.07, 6.45) is -0.256. The highest BCUT2D eigenvalue weighted by Crippen LogP contribution is 2.36. The third-order valence-electron chi connectivity index (χ3n) is 2.95. The Morgan fingerprint density at radius 1 is 1.15 bits per heavy atom. The van der Waals surface area contributed by atoms with Crippen molar-refractivity contribution in [1.82, 2.24) is 10.1 Å². The summed E-state index contributed by atoms with van der Waals surface area (Å²) in [7, 11) is 4.66. The minimum absolute atomic E-state index is 0.256. The van der Waals surface area contributed by atoms with Crippen LogP contribution in [0.4, 0.5) is 5.69 Å². The molecule has 1 heterocycles. The Labute approximate surface area is 116 Å². The van der Waals surface area contributed by atoms with Crippen molar-refractivity contribution in [2.45, 2.75) is 13.0 Å². The average molecular weight is 279 g/mol. The summed E-state index contributed by atoms with van der Waals surface area (Å²) in [5.74, 6) is 1.84. The normalized spacial score (nSPS) is 12.2. The molecule has 0 amide bonds. The van der Waals surface area contributed by atoms with Crippen LogP contribution in [-0.2, 0) is 4.74 Å². The Balaban J connectivity index is 2.44. The van der Waals surface area contributed by atoms with Gasteiger partial charge in [-0.3, -0.25) is 0 Å². The summed E-state index contributed by atoms with van der Waals surface area (Å²) < 4.78 is 20.8. The van der Waals surface area contributed by atoms with Gasteiger partial charge in [0.05, 0.1) is 19.8 Å². The predicted octanol–water partition coefficient (Wildman–Crippen LogP) is 2.04. The van der Waals surface area contributed by atoms with Gasteiger partial charge >= 0.3 is 0 Å². The Hall–Kier alpha value is -2.28. The molecule has 1 unspecified atom stereocenters. The van der Waals surface area contributed by atoms with Crippen LogP contribution in [0.15, 0.2) is 16.7 Å². The zero-order valence-corrected chi connectivity index (χ0v) is 11.8. The van der Waals surface area contributed by atoms with E-state index >= 15 is 0 Å². The fourth-order valence-corrected chi connectivity index (χ4v) is 1.69. The molecule has 0 aliphatic rings. The van der Waals surface area contributed by atoms with Crippen LogP contribution in [0.2, 0.25) is 0 Å². The molecular formula is C13H17N3O4. The number of rotatable bonds is 5. The van der Waals surface area contributed by atoms with E-state index in [1.54, 1.807) is 33.5 Å². The molecule has 7 heteroatoms. The van der Waals surface area contributed by atoms with Gasteiger partial charge in [-0.25, -0.2) is 0 Å². The van der Waals surface area contributed by atoms with Crippen LogP contribution < -0.4 is 15.2 Å². The molecule has 2 aromatic rings. The van der Waals surface area contributed by atoms with Gasteiger partial charge in [-0.05, 0) is 13.0 Å². The first-order chi connectivity index (χ1) is 9.60. The number of hydrogen-bond donors (Lipinski definition) is 1. The number of nitrogens with zero attached hydrogens (tertiary/aromatic N) is 2. The number of nitrogens with two attached hydrogens (primary N) is 1. The molecule has 0 saturated heterocycles. The number of aromatic nitrogens is 2. The first-order valence-corrected chi connectivity index (χ1v) is 5.99. The van der Waals surface area contributed by atoms with Crippen LogP contribution in [-0.4, -0.2) is 31.5 Å². The highest BCUT2D eigenvalue weighted by Gasteiger charge is 2.18. The maximum absolute atomic E-state index is 5.98. The highest BCUT2D eigenvalue weighted by molar-refractivity contribution is 5.75. The second-order valence-electron chi connectivity index (χ2n) is 4.13. The Morgan fingerprint density at radius 3 is 2.40 bits per heavy atom. The van der Waals surface area contributed by atoms with Gasteiger partial charge < -0.3 is 24.5 Å². The molecular weight excluding hydrogens is 262 g/mol. The summed E-state index contributed by atoms with van der Waals surface area (Å²) >= 11 is 0. The predicted molar refractivity (Wildman–Crippen MR) is 72.7 cm³/mol. The van der Waals surface area contributed by atoms with Crippen LogP contribution in [0.1, 0.15) is 18.9 Å². The SMILES string of the molecule is COc1cc(N)c(-c2nc(C(C)OC)no2)cc1OC. The number of anilines is 1. The Morgan fingerprint density at radius 2 is 1.80 bits per heavy atom. The van der Waals surface area contributed by atoms with E-state index in [0.29, 0.717) is 34.5 Å². The van der Waals surface area contributed by atoms with Gasteiger partial charge in [0.2, 0.25) is 5.82 Å². The van der Waals surface area contributed by atoms with Crippen LogP contribution in [0.3, 0.4) is 0 Å². The lowest BCUT2D eigenvalue weighted by Crippen LogP contribution is -1.98. The molecule has 20 heavy (non-hydrogen) atoms. The van der Waals surface area contributed by atoms with Crippen LogP contribution in [0, 0.1) is 0 Å². The molecule has 0 spiro atoms. The summed E-state index contributed by atoms with van der Waals surface area (Å²) in [6, 6.07) is 3.35. The van der Waals surface area contributed by atoms with Crippen LogP contribution in [0.25, 0.3) is 11.5 Å². The maximum atomic E-state index is 5.98. The molecule has 1 aromatic heterocycles.